The maximum atomic E-state index is 15.0. The van der Waals surface area contributed by atoms with E-state index in [4.69, 9.17) is 0 Å². The SMILES string of the molecule is CC(C)c1cc(C(C)C)c(B2c3cc(-c4ccc(F)cc4)cc4c3N3c5c2cc(-c2ccc(F)cc2)cc5[Si](c2ccccc2)(c2ccccc2)c2ccc5c(c23)B4c2ccccc2S5)c(C(C)C)c1. The van der Waals surface area contributed by atoms with Crippen molar-refractivity contribution < 1.29 is 8.78 Å². The Labute approximate surface area is 416 Å². The van der Waals surface area contributed by atoms with Crippen LogP contribution in [0.4, 0.5) is 25.8 Å². The molecule has 338 valence electrons. The molecule has 0 amide bonds. The predicted octanol–water partition coefficient (Wildman–Crippen LogP) is 9.95. The number of benzene rings is 9. The molecule has 70 heavy (non-hydrogen) atoms. The molecule has 0 unspecified atom stereocenters. The smallest absolute Gasteiger partial charge is 0.249 e. The second-order valence-corrected chi connectivity index (χ2v) is 25.6. The van der Waals surface area contributed by atoms with Crippen molar-refractivity contribution >= 4 is 104 Å². The summed E-state index contributed by atoms with van der Waals surface area (Å²) in [7, 11) is -3.22. The number of fused-ring (bicyclic) bond motifs is 3. The fourth-order valence-corrected chi connectivity index (χ4v) is 19.1. The van der Waals surface area contributed by atoms with Crippen LogP contribution in [0.25, 0.3) is 22.3 Å². The Morgan fingerprint density at radius 2 is 0.914 bits per heavy atom. The van der Waals surface area contributed by atoms with Crippen LogP contribution in [-0.4, -0.2) is 21.5 Å². The van der Waals surface area contributed by atoms with Gasteiger partial charge in [-0.1, -0.05) is 210 Å². The number of anilines is 3. The van der Waals surface area contributed by atoms with E-state index in [9.17, 15) is 4.39 Å². The van der Waals surface area contributed by atoms with Crippen molar-refractivity contribution in [1.29, 1.82) is 0 Å². The summed E-state index contributed by atoms with van der Waals surface area (Å²) in [4.78, 5) is 5.29. The Bertz CT molecular complexity index is 3530. The highest BCUT2D eigenvalue weighted by atomic mass is 32.2. The minimum Gasteiger partial charge on any atom is -0.313 e. The minimum absolute atomic E-state index is 0.0502. The normalized spacial score (nSPS) is 14.4. The zero-order chi connectivity index (χ0) is 47.7. The molecule has 0 saturated carbocycles. The summed E-state index contributed by atoms with van der Waals surface area (Å²) in [5.74, 6) is 0.326. The lowest BCUT2D eigenvalue weighted by molar-refractivity contribution is 0.627. The Morgan fingerprint density at radius 1 is 0.414 bits per heavy atom. The van der Waals surface area contributed by atoms with Gasteiger partial charge in [-0.15, -0.1) is 0 Å². The second-order valence-electron chi connectivity index (χ2n) is 20.8. The molecular formula is C63H51B2F2NSSi. The largest absolute Gasteiger partial charge is 0.313 e. The van der Waals surface area contributed by atoms with Crippen molar-refractivity contribution in [3.8, 4) is 22.3 Å². The van der Waals surface area contributed by atoms with Crippen LogP contribution >= 0.6 is 11.8 Å². The van der Waals surface area contributed by atoms with Crippen LogP contribution in [0.2, 0.25) is 0 Å². The molecule has 0 saturated heterocycles. The number of nitrogens with zero attached hydrogens (tertiary/aromatic N) is 1. The molecule has 0 radical (unpaired) electrons. The first kappa shape index (κ1) is 43.4. The zero-order valence-electron chi connectivity index (χ0n) is 40.3. The second kappa shape index (κ2) is 16.2. The first-order valence-corrected chi connectivity index (χ1v) is 27.8. The van der Waals surface area contributed by atoms with Crippen molar-refractivity contribution in [2.75, 3.05) is 4.90 Å². The van der Waals surface area contributed by atoms with Crippen molar-refractivity contribution in [2.24, 2.45) is 0 Å². The highest BCUT2D eigenvalue weighted by Gasteiger charge is 2.57. The lowest BCUT2D eigenvalue weighted by atomic mass is 9.29. The average Bonchev–Trinajstić information content (AvgIpc) is 3.38. The van der Waals surface area contributed by atoms with Crippen molar-refractivity contribution in [1.82, 2.24) is 0 Å². The maximum absolute atomic E-state index is 15.0. The van der Waals surface area contributed by atoms with Crippen LogP contribution < -0.4 is 58.4 Å². The standard InChI is InChI=1S/C63H51B2F2NSSi/c1-37(2)42-31-49(38(3)4)59(50(32-42)39(5)6)65-53-34-43(40-21-25-45(66)26-22-40)33-52-61(53)68-62-54(65)35-44(41-23-27-46(67)28-24-41)36-58(62)70(47-15-9-7-10-16-47,48-17-11-8-12-18-48)57-30-29-56-60(63(57)68)64(52)51-19-13-14-20-55(51)69-56/h7-39H,1-6H3. The molecule has 0 aromatic heterocycles. The van der Waals surface area contributed by atoms with Crippen molar-refractivity contribution in [2.45, 2.75) is 69.1 Å². The quantitative estimate of drug-likeness (QED) is 0.140. The van der Waals surface area contributed by atoms with E-state index in [1.807, 2.05) is 36.0 Å². The first-order valence-electron chi connectivity index (χ1n) is 24.9. The lowest BCUT2D eigenvalue weighted by Gasteiger charge is -2.54. The molecule has 9 aromatic carbocycles. The topological polar surface area (TPSA) is 3.24 Å². The van der Waals surface area contributed by atoms with E-state index in [1.54, 1.807) is 24.3 Å². The zero-order valence-corrected chi connectivity index (χ0v) is 42.1. The summed E-state index contributed by atoms with van der Waals surface area (Å²) in [6.45, 7) is 13.8. The molecule has 0 fully saturated rings. The molecule has 0 spiro atoms. The molecule has 4 heterocycles. The van der Waals surface area contributed by atoms with Crippen LogP contribution in [0, 0.1) is 11.6 Å². The summed E-state index contributed by atoms with van der Waals surface area (Å²) in [5.41, 5.74) is 20.0. The van der Waals surface area contributed by atoms with Crippen LogP contribution in [0.5, 0.6) is 0 Å². The molecule has 0 aliphatic carbocycles. The first-order chi connectivity index (χ1) is 34.0. The Hall–Kier alpha value is -6.66. The van der Waals surface area contributed by atoms with Gasteiger partial charge >= 0.3 is 0 Å². The molecule has 1 nitrogen and oxygen atoms in total. The molecule has 9 aromatic rings. The third-order valence-corrected chi connectivity index (χ3v) is 21.8. The van der Waals surface area contributed by atoms with Crippen LogP contribution in [0.1, 0.15) is 76.0 Å². The van der Waals surface area contributed by atoms with Crippen LogP contribution in [0.15, 0.2) is 192 Å². The van der Waals surface area contributed by atoms with E-state index in [1.165, 1.54) is 97.1 Å². The van der Waals surface area contributed by atoms with E-state index >= 15 is 4.39 Å². The number of hydrogen-bond donors (Lipinski definition) is 0. The molecule has 7 heteroatoms. The van der Waals surface area contributed by atoms with Gasteiger partial charge in [-0.3, -0.25) is 0 Å². The van der Waals surface area contributed by atoms with Crippen LogP contribution in [0.3, 0.4) is 0 Å². The Kier molecular flexibility index (Phi) is 10.0. The molecular weight excluding hydrogens is 890 g/mol. The Morgan fingerprint density at radius 3 is 1.46 bits per heavy atom. The van der Waals surface area contributed by atoms with E-state index in [0.717, 1.165) is 22.3 Å². The summed E-state index contributed by atoms with van der Waals surface area (Å²) < 4.78 is 29.9. The summed E-state index contributed by atoms with van der Waals surface area (Å²) in [5, 5.41) is 5.40. The van der Waals surface area contributed by atoms with E-state index in [-0.39, 0.29) is 36.9 Å². The van der Waals surface area contributed by atoms with Gasteiger partial charge in [-0.2, -0.15) is 0 Å². The van der Waals surface area contributed by atoms with E-state index in [0.29, 0.717) is 5.92 Å². The van der Waals surface area contributed by atoms with Gasteiger partial charge < -0.3 is 4.90 Å². The third kappa shape index (κ3) is 6.23. The predicted molar refractivity (Wildman–Crippen MR) is 298 cm³/mol. The van der Waals surface area contributed by atoms with Gasteiger partial charge in [0.2, 0.25) is 13.4 Å². The summed E-state index contributed by atoms with van der Waals surface area (Å²) >= 11 is 1.89. The fraction of sp³-hybridized carbons (Fsp3) is 0.143. The number of hydrogen-bond acceptors (Lipinski definition) is 2. The van der Waals surface area contributed by atoms with Gasteiger partial charge in [-0.05, 0) is 136 Å². The summed E-state index contributed by atoms with van der Waals surface area (Å²) in [6.07, 6.45) is 0. The minimum atomic E-state index is -3.22. The fourth-order valence-electron chi connectivity index (χ4n) is 12.8. The highest BCUT2D eigenvalue weighted by molar-refractivity contribution is 8.00. The van der Waals surface area contributed by atoms with Gasteiger partial charge in [-0.25, -0.2) is 8.78 Å². The van der Waals surface area contributed by atoms with Gasteiger partial charge in [0, 0.05) is 26.9 Å². The van der Waals surface area contributed by atoms with Gasteiger partial charge in [0.15, 0.2) is 8.07 Å². The number of halogens is 2. The molecule has 4 aliphatic rings. The van der Waals surface area contributed by atoms with Crippen molar-refractivity contribution in [3.63, 3.8) is 0 Å². The van der Waals surface area contributed by atoms with Gasteiger partial charge in [0.25, 0.3) is 0 Å². The highest BCUT2D eigenvalue weighted by Crippen LogP contribution is 2.46. The van der Waals surface area contributed by atoms with Gasteiger partial charge in [0.1, 0.15) is 11.6 Å². The molecule has 4 aliphatic heterocycles. The van der Waals surface area contributed by atoms with E-state index < -0.39 is 8.07 Å². The molecule has 0 bridgehead atoms. The third-order valence-electron chi connectivity index (χ3n) is 15.9. The maximum Gasteiger partial charge on any atom is 0.249 e. The van der Waals surface area contributed by atoms with Gasteiger partial charge in [0.05, 0.1) is 0 Å². The molecule has 0 atom stereocenters. The lowest BCUT2D eigenvalue weighted by Crippen LogP contribution is -2.81. The van der Waals surface area contributed by atoms with Crippen molar-refractivity contribution in [3.05, 3.63) is 210 Å². The monoisotopic (exact) mass is 941 g/mol. The van der Waals surface area contributed by atoms with Crippen LogP contribution in [-0.2, 0) is 0 Å². The molecule has 0 N–H and O–H groups in total. The number of rotatable bonds is 8. The summed E-state index contributed by atoms with van der Waals surface area (Å²) in [6, 6.07) is 65.8. The van der Waals surface area contributed by atoms with E-state index in [2.05, 4.69) is 180 Å². The average molecular weight is 942 g/mol. The Balaban J connectivity index is 1.29. The molecule has 13 rings (SSSR count).